The average Bonchev–Trinajstić information content (AvgIpc) is 2.66. The van der Waals surface area contributed by atoms with Gasteiger partial charge in [0.1, 0.15) is 0 Å². The predicted octanol–water partition coefficient (Wildman–Crippen LogP) is 3.27. The average molecular weight is 351 g/mol. The second kappa shape index (κ2) is 7.82. The Labute approximate surface area is 152 Å². The molecule has 0 aromatic heterocycles. The number of nitro groups is 1. The lowest BCUT2D eigenvalue weighted by atomic mass is 10.1. The Kier molecular flexibility index (Phi) is 5.31. The first kappa shape index (κ1) is 17.7. The van der Waals surface area contributed by atoms with Gasteiger partial charge in [0.05, 0.1) is 4.92 Å². The molecule has 2 aromatic carbocycles. The smallest absolute Gasteiger partial charge is 0.271 e. The minimum atomic E-state index is -0.390. The second-order valence-corrected chi connectivity index (χ2v) is 6.34. The second-order valence-electron chi connectivity index (χ2n) is 6.34. The molecule has 1 amide bonds. The van der Waals surface area contributed by atoms with Crippen LogP contribution in [0.3, 0.4) is 0 Å². The summed E-state index contributed by atoms with van der Waals surface area (Å²) in [5.41, 5.74) is 3.07. The molecule has 0 unspecified atom stereocenters. The Morgan fingerprint density at radius 1 is 1.08 bits per heavy atom. The van der Waals surface area contributed by atoms with Crippen molar-refractivity contribution in [3.63, 3.8) is 0 Å². The SMILES string of the molecule is Cc1cccc(/C=C/C(=O)N2CCN(c3cccc([N+](=O)[O-])c3)CC2)c1. The summed E-state index contributed by atoms with van der Waals surface area (Å²) in [4.78, 5) is 26.8. The number of amides is 1. The Balaban J connectivity index is 1.58. The highest BCUT2D eigenvalue weighted by atomic mass is 16.6. The van der Waals surface area contributed by atoms with Gasteiger partial charge in [0.25, 0.3) is 5.69 Å². The molecule has 26 heavy (non-hydrogen) atoms. The Morgan fingerprint density at radius 3 is 2.50 bits per heavy atom. The van der Waals surface area contributed by atoms with Crippen molar-refractivity contribution in [3.8, 4) is 0 Å². The van der Waals surface area contributed by atoms with Crippen LogP contribution >= 0.6 is 0 Å². The lowest BCUT2D eigenvalue weighted by molar-refractivity contribution is -0.384. The number of non-ortho nitro benzene ring substituents is 1. The third-order valence-corrected chi connectivity index (χ3v) is 4.46. The minimum Gasteiger partial charge on any atom is -0.368 e. The van der Waals surface area contributed by atoms with Crippen molar-refractivity contribution in [1.29, 1.82) is 0 Å². The first-order chi connectivity index (χ1) is 12.5. The fourth-order valence-corrected chi connectivity index (χ4v) is 3.04. The summed E-state index contributed by atoms with van der Waals surface area (Å²) >= 11 is 0. The van der Waals surface area contributed by atoms with Crippen LogP contribution in [0.2, 0.25) is 0 Å². The van der Waals surface area contributed by atoms with Gasteiger partial charge >= 0.3 is 0 Å². The molecule has 0 aliphatic carbocycles. The highest BCUT2D eigenvalue weighted by molar-refractivity contribution is 5.92. The Morgan fingerprint density at radius 2 is 1.81 bits per heavy atom. The van der Waals surface area contributed by atoms with Gasteiger partial charge in [-0.1, -0.05) is 35.9 Å². The maximum absolute atomic E-state index is 12.4. The molecule has 2 aromatic rings. The molecule has 0 spiro atoms. The normalized spacial score (nSPS) is 14.7. The van der Waals surface area contributed by atoms with Crippen LogP contribution in [-0.2, 0) is 4.79 Å². The van der Waals surface area contributed by atoms with Gasteiger partial charge in [-0.2, -0.15) is 0 Å². The van der Waals surface area contributed by atoms with Gasteiger partial charge in [0, 0.05) is 50.1 Å². The lowest BCUT2D eigenvalue weighted by Crippen LogP contribution is -2.48. The molecule has 0 atom stereocenters. The molecular weight excluding hydrogens is 330 g/mol. The number of hydrogen-bond donors (Lipinski definition) is 0. The third kappa shape index (κ3) is 4.27. The summed E-state index contributed by atoms with van der Waals surface area (Å²) in [6, 6.07) is 14.6. The van der Waals surface area contributed by atoms with Crippen LogP contribution in [0.5, 0.6) is 0 Å². The van der Waals surface area contributed by atoms with Crippen LogP contribution in [-0.4, -0.2) is 41.9 Å². The fraction of sp³-hybridized carbons (Fsp3) is 0.250. The van der Waals surface area contributed by atoms with E-state index in [-0.39, 0.29) is 16.5 Å². The van der Waals surface area contributed by atoms with E-state index in [1.165, 1.54) is 6.07 Å². The molecule has 134 valence electrons. The van der Waals surface area contributed by atoms with Crippen molar-refractivity contribution in [3.05, 3.63) is 75.8 Å². The summed E-state index contributed by atoms with van der Waals surface area (Å²) in [5.74, 6) is -0.00908. The van der Waals surface area contributed by atoms with Crippen molar-refractivity contribution < 1.29 is 9.72 Å². The summed E-state index contributed by atoms with van der Waals surface area (Å²) in [6.07, 6.45) is 3.44. The first-order valence-electron chi connectivity index (χ1n) is 8.56. The molecule has 3 rings (SSSR count). The highest BCUT2D eigenvalue weighted by Crippen LogP contribution is 2.22. The number of carbonyl (C=O) groups excluding carboxylic acids is 1. The van der Waals surface area contributed by atoms with E-state index in [2.05, 4.69) is 4.90 Å². The van der Waals surface area contributed by atoms with Crippen molar-refractivity contribution in [1.82, 2.24) is 4.90 Å². The molecule has 1 aliphatic heterocycles. The van der Waals surface area contributed by atoms with E-state index in [1.54, 1.807) is 23.1 Å². The quantitative estimate of drug-likeness (QED) is 0.482. The van der Waals surface area contributed by atoms with E-state index in [0.29, 0.717) is 26.2 Å². The highest BCUT2D eigenvalue weighted by Gasteiger charge is 2.20. The van der Waals surface area contributed by atoms with E-state index >= 15 is 0 Å². The molecule has 1 heterocycles. The van der Waals surface area contributed by atoms with Crippen molar-refractivity contribution >= 4 is 23.4 Å². The molecule has 0 saturated carbocycles. The van der Waals surface area contributed by atoms with Crippen molar-refractivity contribution in [2.45, 2.75) is 6.92 Å². The van der Waals surface area contributed by atoms with E-state index in [0.717, 1.165) is 16.8 Å². The zero-order chi connectivity index (χ0) is 18.5. The van der Waals surface area contributed by atoms with Crippen molar-refractivity contribution in [2.75, 3.05) is 31.1 Å². The van der Waals surface area contributed by atoms with Crippen LogP contribution in [0.1, 0.15) is 11.1 Å². The lowest BCUT2D eigenvalue weighted by Gasteiger charge is -2.35. The minimum absolute atomic E-state index is 0.00908. The predicted molar refractivity (Wildman–Crippen MR) is 102 cm³/mol. The molecule has 0 N–H and O–H groups in total. The van der Waals surface area contributed by atoms with E-state index < -0.39 is 0 Å². The maximum Gasteiger partial charge on any atom is 0.271 e. The van der Waals surface area contributed by atoms with Gasteiger partial charge in [-0.15, -0.1) is 0 Å². The zero-order valence-corrected chi connectivity index (χ0v) is 14.7. The fourth-order valence-electron chi connectivity index (χ4n) is 3.04. The molecule has 1 fully saturated rings. The summed E-state index contributed by atoms with van der Waals surface area (Å²) < 4.78 is 0. The van der Waals surface area contributed by atoms with Crippen LogP contribution in [0.15, 0.2) is 54.6 Å². The summed E-state index contributed by atoms with van der Waals surface area (Å²) in [5, 5.41) is 10.9. The van der Waals surface area contributed by atoms with Gasteiger partial charge in [-0.05, 0) is 24.6 Å². The van der Waals surface area contributed by atoms with Crippen LogP contribution in [0, 0.1) is 17.0 Å². The molecular formula is C20H21N3O3. The number of nitro benzene ring substituents is 1. The number of benzene rings is 2. The monoisotopic (exact) mass is 351 g/mol. The van der Waals surface area contributed by atoms with Gasteiger partial charge < -0.3 is 9.80 Å². The standard InChI is InChI=1S/C20H21N3O3/c1-16-4-2-5-17(14-16)8-9-20(24)22-12-10-21(11-13-22)18-6-3-7-19(15-18)23(25)26/h2-9,14-15H,10-13H2,1H3/b9-8+. The van der Waals surface area contributed by atoms with E-state index in [4.69, 9.17) is 0 Å². The number of carbonyl (C=O) groups is 1. The maximum atomic E-state index is 12.4. The largest absolute Gasteiger partial charge is 0.368 e. The molecule has 1 saturated heterocycles. The molecule has 6 heteroatoms. The topological polar surface area (TPSA) is 66.7 Å². The number of anilines is 1. The Hall–Kier alpha value is -3.15. The number of piperazine rings is 1. The number of rotatable bonds is 4. The molecule has 0 radical (unpaired) electrons. The first-order valence-corrected chi connectivity index (χ1v) is 8.56. The van der Waals surface area contributed by atoms with Gasteiger partial charge in [-0.3, -0.25) is 14.9 Å². The van der Waals surface area contributed by atoms with E-state index in [1.807, 2.05) is 43.3 Å². The van der Waals surface area contributed by atoms with Crippen LogP contribution < -0.4 is 4.90 Å². The zero-order valence-electron chi connectivity index (χ0n) is 14.7. The van der Waals surface area contributed by atoms with Gasteiger partial charge in [0.15, 0.2) is 0 Å². The molecule has 1 aliphatic rings. The number of nitrogens with zero attached hydrogens (tertiary/aromatic N) is 3. The van der Waals surface area contributed by atoms with E-state index in [9.17, 15) is 14.9 Å². The van der Waals surface area contributed by atoms with Crippen molar-refractivity contribution in [2.24, 2.45) is 0 Å². The summed E-state index contributed by atoms with van der Waals surface area (Å²) in [7, 11) is 0. The van der Waals surface area contributed by atoms with Crippen LogP contribution in [0.25, 0.3) is 6.08 Å². The molecule has 0 bridgehead atoms. The third-order valence-electron chi connectivity index (χ3n) is 4.46. The number of aryl methyl sites for hydroxylation is 1. The van der Waals surface area contributed by atoms with Gasteiger partial charge in [0.2, 0.25) is 5.91 Å². The number of hydrogen-bond acceptors (Lipinski definition) is 4. The van der Waals surface area contributed by atoms with Crippen LogP contribution in [0.4, 0.5) is 11.4 Å². The molecule has 6 nitrogen and oxygen atoms in total. The summed E-state index contributed by atoms with van der Waals surface area (Å²) in [6.45, 7) is 4.53. The Bertz CT molecular complexity index is 840. The van der Waals surface area contributed by atoms with Gasteiger partial charge in [-0.25, -0.2) is 0 Å².